The Morgan fingerprint density at radius 2 is 1.78 bits per heavy atom. The molecule has 2 aromatic carbocycles. The third-order valence-corrected chi connectivity index (χ3v) is 5.74. The van der Waals surface area contributed by atoms with Crippen LogP contribution in [-0.2, 0) is 4.84 Å². The van der Waals surface area contributed by atoms with Crippen molar-refractivity contribution in [1.29, 1.82) is 0 Å². The number of oxime groups is 1. The van der Waals surface area contributed by atoms with Gasteiger partial charge in [0.15, 0.2) is 0 Å². The second-order valence-corrected chi connectivity index (χ2v) is 8.13. The predicted octanol–water partition coefficient (Wildman–Crippen LogP) is 4.94. The maximum Gasteiger partial charge on any atom is 0.255 e. The van der Waals surface area contributed by atoms with Gasteiger partial charge in [0, 0.05) is 29.5 Å². The predicted molar refractivity (Wildman–Crippen MR) is 121 cm³/mol. The lowest BCUT2D eigenvalue weighted by Gasteiger charge is -2.21. The van der Waals surface area contributed by atoms with Crippen LogP contribution < -0.4 is 10.9 Å². The monoisotopic (exact) mass is 477 g/mol. The average molecular weight is 478 g/mol. The Morgan fingerprint density at radius 3 is 2.47 bits per heavy atom. The molecule has 0 radical (unpaired) electrons. The molecule has 9 heteroatoms. The number of benzene rings is 2. The maximum absolute atomic E-state index is 14.7. The fraction of sp³-hybridized carbons (Fsp3) is 0.217. The molecule has 0 amide bonds. The van der Waals surface area contributed by atoms with E-state index in [1.807, 2.05) is 0 Å². The summed E-state index contributed by atoms with van der Waals surface area (Å²) in [6.07, 6.45) is 2.82. The van der Waals surface area contributed by atoms with Crippen molar-refractivity contribution in [2.75, 3.05) is 13.1 Å². The molecule has 1 aromatic heterocycles. The number of halogens is 4. The van der Waals surface area contributed by atoms with Gasteiger partial charge in [-0.2, -0.15) is 0 Å². The second-order valence-electron chi connectivity index (χ2n) is 7.32. The van der Waals surface area contributed by atoms with E-state index in [1.54, 1.807) is 18.2 Å². The first kappa shape index (κ1) is 22.5. The molecular formula is C23H19Cl2F2N3O2. The van der Waals surface area contributed by atoms with Gasteiger partial charge in [-0.1, -0.05) is 34.4 Å². The molecule has 166 valence electrons. The molecule has 0 atom stereocenters. The van der Waals surface area contributed by atoms with Crippen molar-refractivity contribution < 1.29 is 13.6 Å². The van der Waals surface area contributed by atoms with E-state index in [1.165, 1.54) is 29.0 Å². The quantitative estimate of drug-likeness (QED) is 0.418. The van der Waals surface area contributed by atoms with Crippen LogP contribution in [0.4, 0.5) is 8.78 Å². The molecule has 0 saturated carbocycles. The number of pyridine rings is 1. The van der Waals surface area contributed by atoms with Crippen LogP contribution in [-0.4, -0.2) is 29.5 Å². The minimum Gasteiger partial charge on any atom is -0.392 e. The second kappa shape index (κ2) is 9.81. The van der Waals surface area contributed by atoms with Crippen molar-refractivity contribution in [1.82, 2.24) is 9.88 Å². The molecule has 1 fully saturated rings. The van der Waals surface area contributed by atoms with Gasteiger partial charge >= 0.3 is 0 Å². The largest absolute Gasteiger partial charge is 0.392 e. The van der Waals surface area contributed by atoms with E-state index >= 15 is 0 Å². The van der Waals surface area contributed by atoms with Crippen LogP contribution in [0.15, 0.2) is 64.7 Å². The Kier molecular flexibility index (Phi) is 6.89. The molecule has 0 spiro atoms. The van der Waals surface area contributed by atoms with Gasteiger partial charge in [-0.15, -0.1) is 0 Å². The minimum absolute atomic E-state index is 0.0378. The Labute approximate surface area is 193 Å². The third kappa shape index (κ3) is 4.85. The van der Waals surface area contributed by atoms with Crippen molar-refractivity contribution in [2.24, 2.45) is 5.16 Å². The van der Waals surface area contributed by atoms with Crippen molar-refractivity contribution >= 4 is 28.9 Å². The van der Waals surface area contributed by atoms with Gasteiger partial charge in [0.1, 0.15) is 23.5 Å². The molecule has 1 saturated heterocycles. The minimum atomic E-state index is -0.800. The van der Waals surface area contributed by atoms with E-state index in [4.69, 9.17) is 28.0 Å². The molecule has 1 aliphatic rings. The summed E-state index contributed by atoms with van der Waals surface area (Å²) in [6.45, 7) is 1.58. The molecule has 32 heavy (non-hydrogen) atoms. The number of aromatic nitrogens is 1. The molecule has 3 aromatic rings. The summed E-state index contributed by atoms with van der Waals surface area (Å²) in [7, 11) is 0. The van der Waals surface area contributed by atoms with E-state index in [9.17, 15) is 13.6 Å². The highest BCUT2D eigenvalue weighted by molar-refractivity contribution is 6.37. The lowest BCUT2D eigenvalue weighted by Crippen LogP contribution is -2.31. The lowest BCUT2D eigenvalue weighted by molar-refractivity contribution is 0.0378. The first-order valence-electron chi connectivity index (χ1n) is 10.0. The summed E-state index contributed by atoms with van der Waals surface area (Å²) in [4.78, 5) is 18.3. The van der Waals surface area contributed by atoms with Crippen LogP contribution in [0.3, 0.4) is 0 Å². The SMILES string of the molecule is O=c1ccc(/C(=N\OC2CCNCC2)c2ccc(F)cc2F)cn1-c1c(Cl)cccc1Cl. The summed E-state index contributed by atoms with van der Waals surface area (Å²) in [5.41, 5.74) is 0.441. The molecule has 1 aliphatic heterocycles. The van der Waals surface area contributed by atoms with Gasteiger partial charge < -0.3 is 10.2 Å². The van der Waals surface area contributed by atoms with Crippen LogP contribution in [0.5, 0.6) is 0 Å². The van der Waals surface area contributed by atoms with E-state index in [0.29, 0.717) is 11.3 Å². The van der Waals surface area contributed by atoms with Gasteiger partial charge in [-0.3, -0.25) is 9.36 Å². The number of rotatable bonds is 5. The van der Waals surface area contributed by atoms with Crippen LogP contribution >= 0.6 is 23.2 Å². The Balaban J connectivity index is 1.83. The molecule has 2 heterocycles. The van der Waals surface area contributed by atoms with Crippen LogP contribution in [0, 0.1) is 11.6 Å². The van der Waals surface area contributed by atoms with E-state index in [2.05, 4.69) is 10.5 Å². The number of hydrogen-bond acceptors (Lipinski definition) is 4. The van der Waals surface area contributed by atoms with Crippen molar-refractivity contribution in [3.8, 4) is 5.69 Å². The zero-order valence-corrected chi connectivity index (χ0v) is 18.3. The topological polar surface area (TPSA) is 55.6 Å². The number of hydrogen-bond donors (Lipinski definition) is 1. The fourth-order valence-corrected chi connectivity index (χ4v) is 4.07. The van der Waals surface area contributed by atoms with Crippen LogP contribution in [0.2, 0.25) is 10.0 Å². The summed E-state index contributed by atoms with van der Waals surface area (Å²) < 4.78 is 29.5. The van der Waals surface area contributed by atoms with Gasteiger partial charge in [0.25, 0.3) is 5.56 Å². The zero-order chi connectivity index (χ0) is 22.7. The molecule has 0 aliphatic carbocycles. The van der Waals surface area contributed by atoms with E-state index in [-0.39, 0.29) is 33.0 Å². The Hall–Kier alpha value is -2.74. The van der Waals surface area contributed by atoms with Crippen LogP contribution in [0.1, 0.15) is 24.0 Å². The molecule has 0 bridgehead atoms. The third-order valence-electron chi connectivity index (χ3n) is 5.13. The Morgan fingerprint density at radius 1 is 1.06 bits per heavy atom. The first-order chi connectivity index (χ1) is 15.4. The normalized spacial score (nSPS) is 15.1. The number of nitrogens with zero attached hydrogens (tertiary/aromatic N) is 2. The summed E-state index contributed by atoms with van der Waals surface area (Å²) in [5, 5.41) is 8.01. The smallest absolute Gasteiger partial charge is 0.255 e. The number of piperidine rings is 1. The van der Waals surface area contributed by atoms with Gasteiger partial charge in [-0.25, -0.2) is 8.78 Å². The van der Waals surface area contributed by atoms with Crippen LogP contribution in [0.25, 0.3) is 5.69 Å². The summed E-state index contributed by atoms with van der Waals surface area (Å²) in [6, 6.07) is 10.9. The van der Waals surface area contributed by atoms with Gasteiger partial charge in [0.05, 0.1) is 15.7 Å². The summed E-state index contributed by atoms with van der Waals surface area (Å²) in [5.74, 6) is -1.51. The van der Waals surface area contributed by atoms with E-state index < -0.39 is 11.6 Å². The van der Waals surface area contributed by atoms with Gasteiger partial charge in [0.2, 0.25) is 0 Å². The molecular weight excluding hydrogens is 459 g/mol. The highest BCUT2D eigenvalue weighted by Crippen LogP contribution is 2.28. The summed E-state index contributed by atoms with van der Waals surface area (Å²) >= 11 is 12.6. The van der Waals surface area contributed by atoms with E-state index in [0.717, 1.165) is 38.1 Å². The number of nitrogens with one attached hydrogen (secondary N) is 1. The molecule has 4 rings (SSSR count). The average Bonchev–Trinajstić information content (AvgIpc) is 2.77. The highest BCUT2D eigenvalue weighted by atomic mass is 35.5. The molecule has 0 unspecified atom stereocenters. The highest BCUT2D eigenvalue weighted by Gasteiger charge is 2.19. The first-order valence-corrected chi connectivity index (χ1v) is 10.8. The molecule has 5 nitrogen and oxygen atoms in total. The Bertz CT molecular complexity index is 1200. The standard InChI is InChI=1S/C23H19Cl2F2N3O2/c24-18-2-1-3-19(25)23(18)30-13-14(4-7-21(30)31)22(17-6-5-15(26)12-20(17)27)29-32-16-8-10-28-11-9-16/h1-7,12-13,16,28H,8-11H2/b29-22+. The maximum atomic E-state index is 14.7. The number of para-hydroxylation sites is 1. The van der Waals surface area contributed by atoms with Crippen molar-refractivity contribution in [3.63, 3.8) is 0 Å². The van der Waals surface area contributed by atoms with Crippen molar-refractivity contribution in [3.05, 3.63) is 97.9 Å². The molecule has 1 N–H and O–H groups in total. The van der Waals surface area contributed by atoms with Gasteiger partial charge in [-0.05, 0) is 56.3 Å². The van der Waals surface area contributed by atoms with Crippen molar-refractivity contribution in [2.45, 2.75) is 18.9 Å². The fourth-order valence-electron chi connectivity index (χ4n) is 3.49. The zero-order valence-electron chi connectivity index (χ0n) is 16.8. The lowest BCUT2D eigenvalue weighted by atomic mass is 10.0.